The number of nitrogens with one attached hydrogen (secondary N) is 1. The Kier molecular flexibility index (Phi) is 7.80. The van der Waals surface area contributed by atoms with E-state index in [4.69, 9.17) is 9.47 Å². The van der Waals surface area contributed by atoms with Gasteiger partial charge in [-0.25, -0.2) is 0 Å². The Morgan fingerprint density at radius 2 is 2.00 bits per heavy atom. The molecular formula is C20H30N2O3S. The van der Waals surface area contributed by atoms with Crippen LogP contribution in [0.5, 0.6) is 0 Å². The quantitative estimate of drug-likeness (QED) is 0.751. The van der Waals surface area contributed by atoms with Crippen molar-refractivity contribution >= 4 is 17.7 Å². The molecule has 2 unspecified atom stereocenters. The van der Waals surface area contributed by atoms with Gasteiger partial charge in [0.2, 0.25) is 5.91 Å². The van der Waals surface area contributed by atoms with Crippen molar-refractivity contribution in [2.24, 2.45) is 5.92 Å². The van der Waals surface area contributed by atoms with Crippen molar-refractivity contribution in [2.75, 3.05) is 51.8 Å². The number of hydrogen-bond acceptors (Lipinski definition) is 5. The van der Waals surface area contributed by atoms with Crippen molar-refractivity contribution in [3.63, 3.8) is 0 Å². The number of benzene rings is 1. The van der Waals surface area contributed by atoms with E-state index >= 15 is 0 Å². The molecule has 0 saturated carbocycles. The Balaban J connectivity index is 1.42. The number of aryl methyl sites for hydroxylation is 1. The Bertz CT molecular complexity index is 555. The molecule has 2 heterocycles. The van der Waals surface area contributed by atoms with Gasteiger partial charge in [0.15, 0.2) is 0 Å². The zero-order valence-corrected chi connectivity index (χ0v) is 16.4. The van der Waals surface area contributed by atoms with Gasteiger partial charge in [-0.2, -0.15) is 0 Å². The number of morpholine rings is 1. The first-order valence-electron chi connectivity index (χ1n) is 9.52. The molecule has 2 saturated heterocycles. The third-order valence-electron chi connectivity index (χ3n) is 5.15. The molecule has 2 fully saturated rings. The number of thioether (sulfide) groups is 1. The van der Waals surface area contributed by atoms with Gasteiger partial charge >= 0.3 is 0 Å². The summed E-state index contributed by atoms with van der Waals surface area (Å²) in [4.78, 5) is 14.7. The summed E-state index contributed by atoms with van der Waals surface area (Å²) in [5, 5.41) is 3.15. The molecule has 2 aliphatic heterocycles. The molecule has 0 aliphatic carbocycles. The second kappa shape index (κ2) is 10.3. The molecule has 2 aliphatic rings. The molecule has 1 aromatic rings. The fourth-order valence-corrected chi connectivity index (χ4v) is 4.39. The second-order valence-electron chi connectivity index (χ2n) is 7.12. The highest BCUT2D eigenvalue weighted by atomic mass is 32.2. The fourth-order valence-electron chi connectivity index (χ4n) is 3.57. The van der Waals surface area contributed by atoms with Crippen LogP contribution >= 0.6 is 11.8 Å². The summed E-state index contributed by atoms with van der Waals surface area (Å²) in [6.07, 6.45) is 1.08. The maximum Gasteiger partial charge on any atom is 0.230 e. The number of ether oxygens (including phenoxy) is 2. The first kappa shape index (κ1) is 19.7. The van der Waals surface area contributed by atoms with Crippen LogP contribution in [-0.4, -0.2) is 68.7 Å². The summed E-state index contributed by atoms with van der Waals surface area (Å²) in [5.74, 6) is 2.01. The normalized spacial score (nSPS) is 22.3. The highest BCUT2D eigenvalue weighted by molar-refractivity contribution is 7.99. The van der Waals surface area contributed by atoms with E-state index in [1.54, 1.807) is 11.8 Å². The van der Waals surface area contributed by atoms with Crippen LogP contribution in [0.25, 0.3) is 0 Å². The highest BCUT2D eigenvalue weighted by Crippen LogP contribution is 2.22. The summed E-state index contributed by atoms with van der Waals surface area (Å²) in [7, 11) is 0. The molecule has 5 nitrogen and oxygen atoms in total. The average molecular weight is 379 g/mol. The topological polar surface area (TPSA) is 50.8 Å². The fraction of sp³-hybridized carbons (Fsp3) is 0.650. The molecule has 2 atom stereocenters. The summed E-state index contributed by atoms with van der Waals surface area (Å²) in [5.41, 5.74) is 2.53. The molecule has 3 rings (SSSR count). The minimum absolute atomic E-state index is 0.124. The van der Waals surface area contributed by atoms with Crippen molar-refractivity contribution in [3.8, 4) is 0 Å². The average Bonchev–Trinajstić information content (AvgIpc) is 3.19. The van der Waals surface area contributed by atoms with Crippen LogP contribution in [0.2, 0.25) is 0 Å². The summed E-state index contributed by atoms with van der Waals surface area (Å²) < 4.78 is 11.1. The van der Waals surface area contributed by atoms with E-state index < -0.39 is 0 Å². The molecule has 0 bridgehead atoms. The Morgan fingerprint density at radius 3 is 2.69 bits per heavy atom. The predicted molar refractivity (Wildman–Crippen MR) is 105 cm³/mol. The highest BCUT2D eigenvalue weighted by Gasteiger charge is 2.31. The van der Waals surface area contributed by atoms with Gasteiger partial charge in [0.1, 0.15) is 0 Å². The standard InChI is InChI=1S/C20H30N2O3S/c1-16-2-4-17(5-3-16)14-26-15-20(23)21-12-19(18-6-9-25-13-18)22-7-10-24-11-8-22/h2-5,18-19H,6-15H2,1H3,(H,21,23). The third-order valence-corrected chi connectivity index (χ3v) is 6.16. The van der Waals surface area contributed by atoms with E-state index in [2.05, 4.69) is 41.4 Å². The number of amides is 1. The van der Waals surface area contributed by atoms with Crippen molar-refractivity contribution in [3.05, 3.63) is 35.4 Å². The molecule has 1 amide bonds. The molecule has 1 aromatic carbocycles. The largest absolute Gasteiger partial charge is 0.381 e. The molecular weight excluding hydrogens is 348 g/mol. The molecule has 0 aromatic heterocycles. The molecule has 26 heavy (non-hydrogen) atoms. The molecule has 144 valence electrons. The van der Waals surface area contributed by atoms with E-state index in [-0.39, 0.29) is 5.91 Å². The lowest BCUT2D eigenvalue weighted by Gasteiger charge is -2.37. The summed E-state index contributed by atoms with van der Waals surface area (Å²) in [6, 6.07) is 8.86. The zero-order chi connectivity index (χ0) is 18.2. The lowest BCUT2D eigenvalue weighted by atomic mass is 9.97. The Hall–Kier alpha value is -1.08. The van der Waals surface area contributed by atoms with Gasteiger partial charge in [-0.05, 0) is 18.9 Å². The first-order chi connectivity index (χ1) is 12.7. The van der Waals surface area contributed by atoms with Crippen LogP contribution in [0.4, 0.5) is 0 Å². The van der Waals surface area contributed by atoms with Gasteiger partial charge in [0.25, 0.3) is 0 Å². The van der Waals surface area contributed by atoms with E-state index in [0.29, 0.717) is 24.3 Å². The van der Waals surface area contributed by atoms with Crippen LogP contribution < -0.4 is 5.32 Å². The zero-order valence-electron chi connectivity index (χ0n) is 15.6. The van der Waals surface area contributed by atoms with Crippen LogP contribution in [0.1, 0.15) is 17.5 Å². The number of hydrogen-bond donors (Lipinski definition) is 1. The maximum atomic E-state index is 12.3. The molecule has 1 N–H and O–H groups in total. The SMILES string of the molecule is Cc1ccc(CSCC(=O)NCC(C2CCOC2)N2CCOCC2)cc1. The van der Waals surface area contributed by atoms with Crippen LogP contribution in [-0.2, 0) is 20.0 Å². The van der Waals surface area contributed by atoms with Crippen molar-refractivity contribution in [1.29, 1.82) is 0 Å². The van der Waals surface area contributed by atoms with Crippen molar-refractivity contribution in [2.45, 2.75) is 25.1 Å². The Labute approximate surface area is 160 Å². The lowest BCUT2D eigenvalue weighted by Crippen LogP contribution is -2.52. The van der Waals surface area contributed by atoms with Gasteiger partial charge < -0.3 is 14.8 Å². The van der Waals surface area contributed by atoms with Gasteiger partial charge in [0.05, 0.1) is 25.6 Å². The molecule has 6 heteroatoms. The monoisotopic (exact) mass is 378 g/mol. The minimum Gasteiger partial charge on any atom is -0.381 e. The maximum absolute atomic E-state index is 12.3. The van der Waals surface area contributed by atoms with Gasteiger partial charge in [-0.3, -0.25) is 9.69 Å². The predicted octanol–water partition coefficient (Wildman–Crippen LogP) is 2.08. The van der Waals surface area contributed by atoms with Gasteiger partial charge in [-0.15, -0.1) is 11.8 Å². The number of carbonyl (C=O) groups is 1. The van der Waals surface area contributed by atoms with E-state index in [0.717, 1.165) is 51.7 Å². The summed E-state index contributed by atoms with van der Waals surface area (Å²) in [6.45, 7) is 7.89. The van der Waals surface area contributed by atoms with Crippen LogP contribution in [0, 0.1) is 12.8 Å². The number of rotatable bonds is 8. The first-order valence-corrected chi connectivity index (χ1v) is 10.7. The van der Waals surface area contributed by atoms with E-state index in [1.165, 1.54) is 11.1 Å². The lowest BCUT2D eigenvalue weighted by molar-refractivity contribution is -0.119. The summed E-state index contributed by atoms with van der Waals surface area (Å²) >= 11 is 1.67. The van der Waals surface area contributed by atoms with Crippen molar-refractivity contribution in [1.82, 2.24) is 10.2 Å². The minimum atomic E-state index is 0.124. The molecule has 0 radical (unpaired) electrons. The smallest absolute Gasteiger partial charge is 0.230 e. The van der Waals surface area contributed by atoms with E-state index in [1.807, 2.05) is 0 Å². The van der Waals surface area contributed by atoms with E-state index in [9.17, 15) is 4.79 Å². The molecule has 0 spiro atoms. The van der Waals surface area contributed by atoms with Gasteiger partial charge in [-0.1, -0.05) is 29.8 Å². The van der Waals surface area contributed by atoms with Gasteiger partial charge in [0, 0.05) is 44.0 Å². The second-order valence-corrected chi connectivity index (χ2v) is 8.11. The number of carbonyl (C=O) groups excluding carboxylic acids is 1. The van der Waals surface area contributed by atoms with Crippen molar-refractivity contribution < 1.29 is 14.3 Å². The van der Waals surface area contributed by atoms with Crippen LogP contribution in [0.3, 0.4) is 0 Å². The third kappa shape index (κ3) is 5.98. The Morgan fingerprint density at radius 1 is 1.23 bits per heavy atom. The van der Waals surface area contributed by atoms with Crippen LogP contribution in [0.15, 0.2) is 24.3 Å². The number of nitrogens with zero attached hydrogens (tertiary/aromatic N) is 1.